The first-order valence-electron chi connectivity index (χ1n) is 9.41. The molecular weight excluding hydrogens is 361 g/mol. The van der Waals surface area contributed by atoms with Crippen molar-refractivity contribution in [3.8, 4) is 11.5 Å². The number of nitrogens with one attached hydrogen (secondary N) is 1. The van der Waals surface area contributed by atoms with Gasteiger partial charge < -0.3 is 19.7 Å². The number of hydrogen-bond acceptors (Lipinski definition) is 5. The van der Waals surface area contributed by atoms with Gasteiger partial charge >= 0.3 is 0 Å². The van der Waals surface area contributed by atoms with Crippen LogP contribution in [0.4, 0.5) is 10.1 Å². The lowest BCUT2D eigenvalue weighted by molar-refractivity contribution is -0.123. The zero-order valence-electron chi connectivity index (χ0n) is 16.1. The minimum Gasteiger partial charge on any atom is -0.493 e. The first-order chi connectivity index (χ1) is 13.7. The van der Waals surface area contributed by atoms with E-state index in [1.165, 1.54) is 6.07 Å². The lowest BCUT2D eigenvalue weighted by Gasteiger charge is -2.36. The predicted octanol–water partition coefficient (Wildman–Crippen LogP) is 2.15. The molecule has 28 heavy (non-hydrogen) atoms. The van der Waals surface area contributed by atoms with Gasteiger partial charge in [0, 0.05) is 39.3 Å². The monoisotopic (exact) mass is 387 g/mol. The maximum absolute atomic E-state index is 13.9. The third-order valence-corrected chi connectivity index (χ3v) is 4.74. The molecule has 0 radical (unpaired) electrons. The molecule has 0 aliphatic carbocycles. The molecule has 1 amide bonds. The van der Waals surface area contributed by atoms with E-state index in [2.05, 4.69) is 15.1 Å². The molecule has 7 heteroatoms. The molecule has 1 aliphatic heterocycles. The fourth-order valence-corrected chi connectivity index (χ4v) is 3.21. The van der Waals surface area contributed by atoms with Crippen LogP contribution in [-0.2, 0) is 4.79 Å². The van der Waals surface area contributed by atoms with E-state index in [0.29, 0.717) is 23.7 Å². The summed E-state index contributed by atoms with van der Waals surface area (Å²) in [5.41, 5.74) is 0.656. The van der Waals surface area contributed by atoms with Crippen molar-refractivity contribution in [3.63, 3.8) is 0 Å². The number of nitrogens with zero attached hydrogens (tertiary/aromatic N) is 2. The molecule has 0 aromatic heterocycles. The fraction of sp³-hybridized carbons (Fsp3) is 0.381. The Labute approximate surface area is 164 Å². The van der Waals surface area contributed by atoms with Gasteiger partial charge in [-0.15, -0.1) is 0 Å². The van der Waals surface area contributed by atoms with Crippen molar-refractivity contribution >= 4 is 11.6 Å². The number of carbonyl (C=O) groups excluding carboxylic acids is 1. The van der Waals surface area contributed by atoms with Crippen molar-refractivity contribution in [2.75, 3.05) is 57.9 Å². The summed E-state index contributed by atoms with van der Waals surface area (Å²) in [6.45, 7) is 4.46. The zero-order valence-corrected chi connectivity index (χ0v) is 16.1. The summed E-state index contributed by atoms with van der Waals surface area (Å²) < 4.78 is 24.6. The van der Waals surface area contributed by atoms with Crippen LogP contribution in [0.3, 0.4) is 0 Å². The molecule has 1 aliphatic rings. The van der Waals surface area contributed by atoms with Crippen LogP contribution in [0.25, 0.3) is 0 Å². The standard InChI is InChI=1S/C21H26FN3O3/c1-27-19-8-4-5-9-20(19)28-16-21(26)23-10-11-24-12-14-25(15-13-24)18-7-3-2-6-17(18)22/h2-9H,10-16H2,1H3,(H,23,26). The summed E-state index contributed by atoms with van der Waals surface area (Å²) in [5.74, 6) is 0.793. The highest BCUT2D eigenvalue weighted by Gasteiger charge is 2.19. The number of anilines is 1. The normalized spacial score (nSPS) is 14.6. The van der Waals surface area contributed by atoms with Gasteiger partial charge in [-0.3, -0.25) is 9.69 Å². The lowest BCUT2D eigenvalue weighted by atomic mass is 10.2. The predicted molar refractivity (Wildman–Crippen MR) is 107 cm³/mol. The second-order valence-electron chi connectivity index (χ2n) is 6.57. The number of hydrogen-bond donors (Lipinski definition) is 1. The molecule has 1 N–H and O–H groups in total. The number of methoxy groups -OCH3 is 1. The van der Waals surface area contributed by atoms with Gasteiger partial charge in [0.1, 0.15) is 5.82 Å². The Hall–Kier alpha value is -2.80. The number of halogens is 1. The van der Waals surface area contributed by atoms with E-state index in [0.717, 1.165) is 32.7 Å². The van der Waals surface area contributed by atoms with Gasteiger partial charge in [-0.1, -0.05) is 24.3 Å². The Morgan fingerprint density at radius 3 is 2.43 bits per heavy atom. The highest BCUT2D eigenvalue weighted by Crippen LogP contribution is 2.25. The summed E-state index contributed by atoms with van der Waals surface area (Å²) in [4.78, 5) is 16.3. The minimum atomic E-state index is -0.182. The Morgan fingerprint density at radius 2 is 1.71 bits per heavy atom. The maximum atomic E-state index is 13.9. The highest BCUT2D eigenvalue weighted by molar-refractivity contribution is 5.77. The SMILES string of the molecule is COc1ccccc1OCC(=O)NCCN1CCN(c2ccccc2F)CC1. The topological polar surface area (TPSA) is 54.0 Å². The van der Waals surface area contributed by atoms with E-state index < -0.39 is 0 Å². The maximum Gasteiger partial charge on any atom is 0.257 e. The van der Waals surface area contributed by atoms with Gasteiger partial charge in [-0.05, 0) is 24.3 Å². The van der Waals surface area contributed by atoms with Gasteiger partial charge in [0.2, 0.25) is 0 Å². The smallest absolute Gasteiger partial charge is 0.257 e. The van der Waals surface area contributed by atoms with Gasteiger partial charge in [0.05, 0.1) is 12.8 Å². The van der Waals surface area contributed by atoms with E-state index in [9.17, 15) is 9.18 Å². The van der Waals surface area contributed by atoms with E-state index in [1.807, 2.05) is 24.3 Å². The molecule has 150 valence electrons. The summed E-state index contributed by atoms with van der Waals surface area (Å²) in [6, 6.07) is 14.1. The second-order valence-corrected chi connectivity index (χ2v) is 6.57. The van der Waals surface area contributed by atoms with Gasteiger partial charge in [0.15, 0.2) is 18.1 Å². The molecule has 2 aromatic rings. The van der Waals surface area contributed by atoms with Crippen molar-refractivity contribution < 1.29 is 18.7 Å². The molecule has 0 unspecified atom stereocenters. The van der Waals surface area contributed by atoms with Gasteiger partial charge in [0.25, 0.3) is 5.91 Å². The average Bonchev–Trinajstić information content (AvgIpc) is 2.73. The van der Waals surface area contributed by atoms with Crippen LogP contribution in [0.15, 0.2) is 48.5 Å². The third-order valence-electron chi connectivity index (χ3n) is 4.74. The van der Waals surface area contributed by atoms with Crippen LogP contribution < -0.4 is 19.7 Å². The number of piperazine rings is 1. The van der Waals surface area contributed by atoms with Crippen LogP contribution in [0.1, 0.15) is 0 Å². The number of ether oxygens (including phenoxy) is 2. The van der Waals surface area contributed by atoms with Crippen LogP contribution in [-0.4, -0.2) is 63.8 Å². The van der Waals surface area contributed by atoms with E-state index >= 15 is 0 Å². The van der Waals surface area contributed by atoms with E-state index in [1.54, 1.807) is 25.3 Å². The van der Waals surface area contributed by atoms with E-state index in [4.69, 9.17) is 9.47 Å². The van der Waals surface area contributed by atoms with Crippen molar-refractivity contribution in [1.29, 1.82) is 0 Å². The van der Waals surface area contributed by atoms with Crippen LogP contribution >= 0.6 is 0 Å². The molecule has 1 heterocycles. The van der Waals surface area contributed by atoms with Crippen molar-refractivity contribution in [3.05, 3.63) is 54.3 Å². The summed E-state index contributed by atoms with van der Waals surface area (Å²) in [6.07, 6.45) is 0. The Balaban J connectivity index is 1.34. The number of amides is 1. The molecule has 1 fully saturated rings. The van der Waals surface area contributed by atoms with Crippen LogP contribution in [0, 0.1) is 5.82 Å². The van der Waals surface area contributed by atoms with E-state index in [-0.39, 0.29) is 18.3 Å². The summed E-state index contributed by atoms with van der Waals surface area (Å²) in [5, 5.41) is 2.87. The Kier molecular flexibility index (Phi) is 7.08. The Morgan fingerprint density at radius 1 is 1.04 bits per heavy atom. The molecule has 3 rings (SSSR count). The Bertz CT molecular complexity index is 779. The third kappa shape index (κ3) is 5.36. The molecule has 0 spiro atoms. The summed E-state index contributed by atoms with van der Waals surface area (Å²) in [7, 11) is 1.56. The molecule has 1 saturated heterocycles. The molecule has 0 atom stereocenters. The average molecular weight is 387 g/mol. The highest BCUT2D eigenvalue weighted by atomic mass is 19.1. The molecular formula is C21H26FN3O3. The molecule has 0 saturated carbocycles. The number of para-hydroxylation sites is 3. The van der Waals surface area contributed by atoms with Crippen molar-refractivity contribution in [2.24, 2.45) is 0 Å². The zero-order chi connectivity index (χ0) is 19.8. The largest absolute Gasteiger partial charge is 0.493 e. The second kappa shape index (κ2) is 9.94. The number of rotatable bonds is 8. The minimum absolute atomic E-state index is 0.0541. The van der Waals surface area contributed by atoms with Crippen LogP contribution in [0.2, 0.25) is 0 Å². The fourth-order valence-electron chi connectivity index (χ4n) is 3.21. The van der Waals surface area contributed by atoms with Crippen molar-refractivity contribution in [2.45, 2.75) is 0 Å². The first-order valence-corrected chi connectivity index (χ1v) is 9.41. The van der Waals surface area contributed by atoms with Gasteiger partial charge in [-0.25, -0.2) is 4.39 Å². The van der Waals surface area contributed by atoms with Crippen LogP contribution in [0.5, 0.6) is 11.5 Å². The van der Waals surface area contributed by atoms with Crippen molar-refractivity contribution in [1.82, 2.24) is 10.2 Å². The molecule has 6 nitrogen and oxygen atoms in total. The quantitative estimate of drug-likeness (QED) is 0.752. The molecule has 0 bridgehead atoms. The number of benzene rings is 2. The lowest BCUT2D eigenvalue weighted by Crippen LogP contribution is -2.49. The first kappa shape index (κ1) is 19.9. The molecule has 2 aromatic carbocycles. The summed E-state index contributed by atoms with van der Waals surface area (Å²) >= 11 is 0. The number of carbonyl (C=O) groups is 1. The van der Waals surface area contributed by atoms with Gasteiger partial charge in [-0.2, -0.15) is 0 Å².